The predicted octanol–water partition coefficient (Wildman–Crippen LogP) is 2.90. The summed E-state index contributed by atoms with van der Waals surface area (Å²) in [6, 6.07) is 5.94. The van der Waals surface area contributed by atoms with E-state index in [1.165, 1.54) is 5.57 Å². The van der Waals surface area contributed by atoms with Crippen LogP contribution in [-0.2, 0) is 0 Å². The van der Waals surface area contributed by atoms with Crippen molar-refractivity contribution in [2.45, 2.75) is 26.4 Å². The Morgan fingerprint density at radius 1 is 1.39 bits per heavy atom. The van der Waals surface area contributed by atoms with Gasteiger partial charge in [0.05, 0.1) is 13.2 Å². The van der Waals surface area contributed by atoms with Crippen LogP contribution in [0.4, 0.5) is 5.69 Å². The summed E-state index contributed by atoms with van der Waals surface area (Å²) in [5.41, 5.74) is 3.34. The molecule has 0 bridgehead atoms. The summed E-state index contributed by atoms with van der Waals surface area (Å²) < 4.78 is 5.36. The number of aliphatic hydroxyl groups is 1. The van der Waals surface area contributed by atoms with Gasteiger partial charge in [-0.1, -0.05) is 17.7 Å². The molecule has 0 amide bonds. The second-order valence-corrected chi connectivity index (χ2v) is 4.83. The predicted molar refractivity (Wildman–Crippen MR) is 74.2 cm³/mol. The smallest absolute Gasteiger partial charge is 0.126 e. The Morgan fingerprint density at radius 2 is 2.17 bits per heavy atom. The maximum atomic E-state index is 9.99. The van der Waals surface area contributed by atoms with Gasteiger partial charge in [-0.05, 0) is 32.4 Å². The van der Waals surface area contributed by atoms with Gasteiger partial charge in [0, 0.05) is 24.3 Å². The van der Waals surface area contributed by atoms with Gasteiger partial charge < -0.3 is 14.7 Å². The first-order chi connectivity index (χ1) is 8.63. The summed E-state index contributed by atoms with van der Waals surface area (Å²) in [5.74, 6) is 0.759. The first kappa shape index (κ1) is 13.0. The van der Waals surface area contributed by atoms with Gasteiger partial charge in [0.1, 0.15) is 5.75 Å². The van der Waals surface area contributed by atoms with Gasteiger partial charge in [-0.25, -0.2) is 0 Å². The molecule has 1 aliphatic heterocycles. The van der Waals surface area contributed by atoms with E-state index in [0.717, 1.165) is 36.5 Å². The maximum absolute atomic E-state index is 9.99. The molecule has 0 saturated carbocycles. The molecule has 0 radical (unpaired) electrons. The van der Waals surface area contributed by atoms with E-state index >= 15 is 0 Å². The summed E-state index contributed by atoms with van der Waals surface area (Å²) in [7, 11) is 1.65. The van der Waals surface area contributed by atoms with Crippen LogP contribution in [0.2, 0.25) is 0 Å². The molecule has 1 N–H and O–H groups in total. The van der Waals surface area contributed by atoms with E-state index in [2.05, 4.69) is 24.0 Å². The van der Waals surface area contributed by atoms with Crippen molar-refractivity contribution < 1.29 is 9.84 Å². The second-order valence-electron chi connectivity index (χ2n) is 4.83. The minimum absolute atomic E-state index is 0.526. The topological polar surface area (TPSA) is 32.7 Å². The molecule has 0 aromatic heterocycles. The van der Waals surface area contributed by atoms with E-state index in [0.29, 0.717) is 0 Å². The average molecular weight is 247 g/mol. The minimum Gasteiger partial charge on any atom is -0.496 e. The maximum Gasteiger partial charge on any atom is 0.126 e. The molecule has 2 rings (SSSR count). The van der Waals surface area contributed by atoms with Gasteiger partial charge in [0.2, 0.25) is 0 Å². The lowest BCUT2D eigenvalue weighted by atomic mass is 10.0. The number of ether oxygens (including phenoxy) is 1. The monoisotopic (exact) mass is 247 g/mol. The molecule has 1 heterocycles. The molecule has 3 nitrogen and oxygen atoms in total. The zero-order chi connectivity index (χ0) is 13.1. The molecule has 1 atom stereocenters. The lowest BCUT2D eigenvalue weighted by Gasteiger charge is -2.31. The molecule has 0 aliphatic carbocycles. The molecule has 0 spiro atoms. The van der Waals surface area contributed by atoms with Crippen LogP contribution in [0.15, 0.2) is 29.8 Å². The zero-order valence-corrected chi connectivity index (χ0v) is 11.3. The number of hydrogen-bond donors (Lipinski definition) is 1. The highest BCUT2D eigenvalue weighted by Gasteiger charge is 2.19. The fraction of sp³-hybridized carbons (Fsp3) is 0.467. The normalized spacial score (nSPS) is 17.3. The molecule has 0 saturated heterocycles. The lowest BCUT2D eigenvalue weighted by Crippen LogP contribution is -2.30. The van der Waals surface area contributed by atoms with Crippen LogP contribution in [0.1, 0.15) is 31.9 Å². The molecule has 0 fully saturated rings. The number of benzene rings is 1. The SMILES string of the molecule is COc1cccc(N2CCC=C(C)C2)c1[C@H](C)O. The van der Waals surface area contributed by atoms with Crippen molar-refractivity contribution in [2.75, 3.05) is 25.1 Å². The first-order valence-electron chi connectivity index (χ1n) is 6.39. The van der Waals surface area contributed by atoms with Crippen molar-refractivity contribution in [2.24, 2.45) is 0 Å². The van der Waals surface area contributed by atoms with Gasteiger partial charge in [0.25, 0.3) is 0 Å². The van der Waals surface area contributed by atoms with Gasteiger partial charge in [-0.15, -0.1) is 0 Å². The zero-order valence-electron chi connectivity index (χ0n) is 11.3. The average Bonchev–Trinajstić information content (AvgIpc) is 2.37. The van der Waals surface area contributed by atoms with Crippen LogP contribution in [0.5, 0.6) is 5.75 Å². The molecule has 1 aromatic rings. The van der Waals surface area contributed by atoms with Crippen molar-refractivity contribution >= 4 is 5.69 Å². The number of aliphatic hydroxyl groups excluding tert-OH is 1. The standard InChI is InChI=1S/C15H21NO2/c1-11-6-5-9-16(10-11)13-7-4-8-14(18-3)15(13)12(2)17/h4,6-8,12,17H,5,9-10H2,1-3H3/t12-/m0/s1. The van der Waals surface area contributed by atoms with Crippen LogP contribution in [0.25, 0.3) is 0 Å². The Kier molecular flexibility index (Phi) is 3.92. The molecular weight excluding hydrogens is 226 g/mol. The molecule has 98 valence electrons. The Hall–Kier alpha value is -1.48. The second kappa shape index (κ2) is 5.44. The molecule has 0 unspecified atom stereocenters. The summed E-state index contributed by atoms with van der Waals surface area (Å²) in [4.78, 5) is 2.31. The van der Waals surface area contributed by atoms with Gasteiger partial charge in [0.15, 0.2) is 0 Å². The fourth-order valence-electron chi connectivity index (χ4n) is 2.52. The van der Waals surface area contributed by atoms with E-state index in [1.807, 2.05) is 12.1 Å². The van der Waals surface area contributed by atoms with Crippen molar-refractivity contribution in [3.63, 3.8) is 0 Å². The molecule has 18 heavy (non-hydrogen) atoms. The summed E-state index contributed by atoms with van der Waals surface area (Å²) >= 11 is 0. The molecule has 3 heteroatoms. The van der Waals surface area contributed by atoms with Gasteiger partial charge in [-0.2, -0.15) is 0 Å². The van der Waals surface area contributed by atoms with Crippen LogP contribution in [0.3, 0.4) is 0 Å². The Bertz CT molecular complexity index is 452. The van der Waals surface area contributed by atoms with Gasteiger partial charge >= 0.3 is 0 Å². The third-order valence-corrected chi connectivity index (χ3v) is 3.35. The highest BCUT2D eigenvalue weighted by Crippen LogP contribution is 2.35. The van der Waals surface area contributed by atoms with Crippen molar-refractivity contribution in [3.05, 3.63) is 35.4 Å². The van der Waals surface area contributed by atoms with Crippen LogP contribution < -0.4 is 9.64 Å². The van der Waals surface area contributed by atoms with Crippen molar-refractivity contribution in [1.29, 1.82) is 0 Å². The van der Waals surface area contributed by atoms with E-state index in [9.17, 15) is 5.11 Å². The van der Waals surface area contributed by atoms with Gasteiger partial charge in [-0.3, -0.25) is 0 Å². The molecular formula is C15H21NO2. The third-order valence-electron chi connectivity index (χ3n) is 3.35. The number of nitrogens with zero attached hydrogens (tertiary/aromatic N) is 1. The van der Waals surface area contributed by atoms with E-state index < -0.39 is 6.10 Å². The van der Waals surface area contributed by atoms with Crippen molar-refractivity contribution in [1.82, 2.24) is 0 Å². The molecule has 1 aromatic carbocycles. The third kappa shape index (κ3) is 2.51. The number of anilines is 1. The van der Waals surface area contributed by atoms with Crippen LogP contribution >= 0.6 is 0 Å². The minimum atomic E-state index is -0.526. The summed E-state index contributed by atoms with van der Waals surface area (Å²) in [5, 5.41) is 9.99. The first-order valence-corrected chi connectivity index (χ1v) is 6.39. The fourth-order valence-corrected chi connectivity index (χ4v) is 2.52. The number of hydrogen-bond acceptors (Lipinski definition) is 3. The Labute approximate surface area is 109 Å². The molecule has 1 aliphatic rings. The highest BCUT2D eigenvalue weighted by molar-refractivity contribution is 5.61. The highest BCUT2D eigenvalue weighted by atomic mass is 16.5. The van der Waals surface area contributed by atoms with E-state index in [4.69, 9.17) is 4.74 Å². The van der Waals surface area contributed by atoms with Crippen LogP contribution in [-0.4, -0.2) is 25.3 Å². The summed E-state index contributed by atoms with van der Waals surface area (Å²) in [6.07, 6.45) is 2.81. The Morgan fingerprint density at radius 3 is 2.78 bits per heavy atom. The quantitative estimate of drug-likeness (QED) is 0.834. The van der Waals surface area contributed by atoms with Crippen molar-refractivity contribution in [3.8, 4) is 5.75 Å². The van der Waals surface area contributed by atoms with E-state index in [-0.39, 0.29) is 0 Å². The van der Waals surface area contributed by atoms with Crippen LogP contribution in [0, 0.1) is 0 Å². The lowest BCUT2D eigenvalue weighted by molar-refractivity contribution is 0.194. The Balaban J connectivity index is 2.41. The largest absolute Gasteiger partial charge is 0.496 e. The number of methoxy groups -OCH3 is 1. The number of rotatable bonds is 3. The summed E-state index contributed by atoms with van der Waals surface area (Å²) in [6.45, 7) is 5.85. The van der Waals surface area contributed by atoms with E-state index in [1.54, 1.807) is 14.0 Å².